The zero-order valence-corrected chi connectivity index (χ0v) is 9.42. The highest BCUT2D eigenvalue weighted by molar-refractivity contribution is 6.30. The maximum absolute atomic E-state index is 5.88. The average molecular weight is 219 g/mol. The van der Waals surface area contributed by atoms with Crippen LogP contribution in [-0.2, 0) is 0 Å². The van der Waals surface area contributed by atoms with Crippen molar-refractivity contribution in [2.24, 2.45) is 0 Å². The first-order valence-electron chi connectivity index (χ1n) is 4.72. The minimum Gasteiger partial charge on any atom is -0.256 e. The number of pyridine rings is 2. The highest BCUT2D eigenvalue weighted by atomic mass is 35.5. The Hall–Kier alpha value is -1.41. The minimum absolute atomic E-state index is 0.548. The van der Waals surface area contributed by atoms with Crippen LogP contribution in [0.3, 0.4) is 0 Å². The van der Waals surface area contributed by atoms with E-state index in [2.05, 4.69) is 9.97 Å². The molecule has 0 saturated heterocycles. The Kier molecular flexibility index (Phi) is 2.69. The van der Waals surface area contributed by atoms with Crippen molar-refractivity contribution in [1.29, 1.82) is 0 Å². The number of rotatable bonds is 1. The molecule has 0 aliphatic rings. The second kappa shape index (κ2) is 3.99. The number of nitrogens with zero attached hydrogens (tertiary/aromatic N) is 2. The third kappa shape index (κ3) is 2.00. The molecule has 0 spiro atoms. The Morgan fingerprint density at radius 1 is 1.13 bits per heavy atom. The van der Waals surface area contributed by atoms with E-state index in [1.807, 2.05) is 32.0 Å². The van der Waals surface area contributed by atoms with Gasteiger partial charge in [0.25, 0.3) is 0 Å². The fourth-order valence-corrected chi connectivity index (χ4v) is 1.58. The van der Waals surface area contributed by atoms with E-state index >= 15 is 0 Å². The Labute approximate surface area is 94.0 Å². The molecule has 0 radical (unpaired) electrons. The van der Waals surface area contributed by atoms with Crippen LogP contribution in [0.1, 0.15) is 11.1 Å². The average Bonchev–Trinajstić information content (AvgIpc) is 2.23. The summed E-state index contributed by atoms with van der Waals surface area (Å²) < 4.78 is 0. The highest BCUT2D eigenvalue weighted by Crippen LogP contribution is 2.23. The van der Waals surface area contributed by atoms with Gasteiger partial charge in [0.15, 0.2) is 0 Å². The van der Waals surface area contributed by atoms with Crippen LogP contribution in [0.2, 0.25) is 5.15 Å². The first-order valence-corrected chi connectivity index (χ1v) is 5.10. The van der Waals surface area contributed by atoms with E-state index in [1.165, 1.54) is 0 Å². The zero-order chi connectivity index (χ0) is 10.8. The number of hydrogen-bond donors (Lipinski definition) is 0. The zero-order valence-electron chi connectivity index (χ0n) is 8.66. The molecule has 2 rings (SSSR count). The normalized spacial score (nSPS) is 10.3. The second-order valence-electron chi connectivity index (χ2n) is 3.50. The van der Waals surface area contributed by atoms with Crippen molar-refractivity contribution in [3.05, 3.63) is 46.9 Å². The third-order valence-corrected chi connectivity index (χ3v) is 2.69. The molecule has 0 aliphatic heterocycles. The first-order chi connectivity index (χ1) is 7.18. The van der Waals surface area contributed by atoms with E-state index in [-0.39, 0.29) is 0 Å². The molecule has 0 atom stereocenters. The smallest absolute Gasteiger partial charge is 0.131 e. The fraction of sp³-hybridized carbons (Fsp3) is 0.167. The van der Waals surface area contributed by atoms with Crippen molar-refractivity contribution >= 4 is 11.6 Å². The van der Waals surface area contributed by atoms with Gasteiger partial charge in [-0.1, -0.05) is 17.7 Å². The maximum atomic E-state index is 5.88. The van der Waals surface area contributed by atoms with Crippen LogP contribution in [0.4, 0.5) is 0 Å². The van der Waals surface area contributed by atoms with Crippen molar-refractivity contribution in [2.75, 3.05) is 0 Å². The quantitative estimate of drug-likeness (QED) is 0.686. The van der Waals surface area contributed by atoms with Gasteiger partial charge < -0.3 is 0 Å². The van der Waals surface area contributed by atoms with Crippen LogP contribution in [0.5, 0.6) is 0 Å². The molecule has 0 bridgehead atoms. The van der Waals surface area contributed by atoms with Crippen LogP contribution in [0, 0.1) is 13.8 Å². The lowest BCUT2D eigenvalue weighted by Crippen LogP contribution is -1.90. The molecule has 2 nitrogen and oxygen atoms in total. The van der Waals surface area contributed by atoms with E-state index in [0.717, 1.165) is 22.4 Å². The molecule has 0 unspecified atom stereocenters. The minimum atomic E-state index is 0.548. The van der Waals surface area contributed by atoms with Gasteiger partial charge in [-0.15, -0.1) is 0 Å². The number of aromatic nitrogens is 2. The monoisotopic (exact) mass is 218 g/mol. The largest absolute Gasteiger partial charge is 0.256 e. The lowest BCUT2D eigenvalue weighted by Gasteiger charge is -2.05. The molecule has 2 heterocycles. The molecule has 2 aromatic rings. The SMILES string of the molecule is Cc1cc(-c2ncccc2C)cnc1Cl. The summed E-state index contributed by atoms with van der Waals surface area (Å²) in [5, 5.41) is 0.548. The van der Waals surface area contributed by atoms with Gasteiger partial charge in [-0.05, 0) is 37.1 Å². The van der Waals surface area contributed by atoms with E-state index in [1.54, 1.807) is 12.4 Å². The van der Waals surface area contributed by atoms with Crippen LogP contribution in [0.15, 0.2) is 30.6 Å². The summed E-state index contributed by atoms with van der Waals surface area (Å²) >= 11 is 5.88. The summed E-state index contributed by atoms with van der Waals surface area (Å²) in [4.78, 5) is 8.46. The van der Waals surface area contributed by atoms with Gasteiger partial charge in [0.05, 0.1) is 5.69 Å². The van der Waals surface area contributed by atoms with Crippen LogP contribution >= 0.6 is 11.6 Å². The van der Waals surface area contributed by atoms with Gasteiger partial charge in [-0.2, -0.15) is 0 Å². The van der Waals surface area contributed by atoms with Gasteiger partial charge in [-0.3, -0.25) is 4.98 Å². The molecular formula is C12H11ClN2. The van der Waals surface area contributed by atoms with Gasteiger partial charge in [0.1, 0.15) is 5.15 Å². The molecule has 3 heteroatoms. The van der Waals surface area contributed by atoms with Gasteiger partial charge in [-0.25, -0.2) is 4.98 Å². The van der Waals surface area contributed by atoms with E-state index in [0.29, 0.717) is 5.15 Å². The van der Waals surface area contributed by atoms with Crippen molar-refractivity contribution in [3.8, 4) is 11.3 Å². The Morgan fingerprint density at radius 3 is 2.60 bits per heavy atom. The Bertz CT molecular complexity index is 495. The number of halogens is 1. The van der Waals surface area contributed by atoms with E-state index in [9.17, 15) is 0 Å². The summed E-state index contributed by atoms with van der Waals surface area (Å²) in [6, 6.07) is 5.96. The fourth-order valence-electron chi connectivity index (χ4n) is 1.48. The molecule has 0 aliphatic carbocycles. The van der Waals surface area contributed by atoms with Crippen molar-refractivity contribution < 1.29 is 0 Å². The standard InChI is InChI=1S/C12H11ClN2/c1-8-4-3-5-14-11(8)10-6-9(2)12(13)15-7-10/h3-7H,1-2H3. The highest BCUT2D eigenvalue weighted by Gasteiger charge is 2.05. The van der Waals surface area contributed by atoms with Crippen molar-refractivity contribution in [1.82, 2.24) is 9.97 Å². The molecular weight excluding hydrogens is 208 g/mol. The molecule has 0 N–H and O–H groups in total. The molecule has 0 saturated carbocycles. The molecule has 76 valence electrons. The van der Waals surface area contributed by atoms with Gasteiger partial charge in [0, 0.05) is 18.0 Å². The first kappa shape index (κ1) is 10.1. The van der Waals surface area contributed by atoms with Crippen LogP contribution < -0.4 is 0 Å². The molecule has 15 heavy (non-hydrogen) atoms. The molecule has 0 amide bonds. The molecule has 2 aromatic heterocycles. The molecule has 0 aromatic carbocycles. The Morgan fingerprint density at radius 2 is 1.93 bits per heavy atom. The summed E-state index contributed by atoms with van der Waals surface area (Å²) in [5.74, 6) is 0. The van der Waals surface area contributed by atoms with E-state index in [4.69, 9.17) is 11.6 Å². The maximum Gasteiger partial charge on any atom is 0.131 e. The van der Waals surface area contributed by atoms with Gasteiger partial charge in [0.2, 0.25) is 0 Å². The van der Waals surface area contributed by atoms with Gasteiger partial charge >= 0.3 is 0 Å². The third-order valence-electron chi connectivity index (χ3n) is 2.30. The second-order valence-corrected chi connectivity index (χ2v) is 3.86. The summed E-state index contributed by atoms with van der Waals surface area (Å²) in [7, 11) is 0. The summed E-state index contributed by atoms with van der Waals surface area (Å²) in [6.45, 7) is 3.98. The topological polar surface area (TPSA) is 25.8 Å². The number of hydrogen-bond acceptors (Lipinski definition) is 2. The molecule has 0 fully saturated rings. The summed E-state index contributed by atoms with van der Waals surface area (Å²) in [6.07, 6.45) is 3.54. The predicted octanol–water partition coefficient (Wildman–Crippen LogP) is 3.41. The van der Waals surface area contributed by atoms with Crippen LogP contribution in [0.25, 0.3) is 11.3 Å². The van der Waals surface area contributed by atoms with Crippen LogP contribution in [-0.4, -0.2) is 9.97 Å². The van der Waals surface area contributed by atoms with Crippen molar-refractivity contribution in [3.63, 3.8) is 0 Å². The van der Waals surface area contributed by atoms with Crippen molar-refractivity contribution in [2.45, 2.75) is 13.8 Å². The van der Waals surface area contributed by atoms with E-state index < -0.39 is 0 Å². The Balaban J connectivity index is 2.55. The number of aryl methyl sites for hydroxylation is 2. The summed E-state index contributed by atoms with van der Waals surface area (Å²) in [5.41, 5.74) is 4.08. The lowest BCUT2D eigenvalue weighted by atomic mass is 10.1. The lowest BCUT2D eigenvalue weighted by molar-refractivity contribution is 1.22. The predicted molar refractivity (Wildman–Crippen MR) is 62.0 cm³/mol.